The third-order valence-electron chi connectivity index (χ3n) is 3.73. The number of halogens is 3. The summed E-state index contributed by atoms with van der Waals surface area (Å²) in [5.41, 5.74) is -0.560. The first-order valence-electron chi connectivity index (χ1n) is 7.84. The molecule has 2 amide bonds. The molecule has 2 aromatic rings. The fourth-order valence-electron chi connectivity index (χ4n) is 2.47. The largest absolute Gasteiger partial charge is 0.435 e. The summed E-state index contributed by atoms with van der Waals surface area (Å²) in [4.78, 5) is 25.1. The summed E-state index contributed by atoms with van der Waals surface area (Å²) in [5, 5.41) is 2.25. The number of hydrogen-bond donors (Lipinski definition) is 1. The van der Waals surface area contributed by atoms with E-state index in [-0.39, 0.29) is 5.82 Å². The summed E-state index contributed by atoms with van der Waals surface area (Å²) in [6.07, 6.45) is -0.825. The fourth-order valence-corrected chi connectivity index (χ4v) is 2.47. The van der Waals surface area contributed by atoms with Crippen molar-refractivity contribution in [1.82, 2.24) is 19.9 Å². The maximum atomic E-state index is 13.4. The zero-order chi connectivity index (χ0) is 18.7. The fraction of sp³-hybridized carbons (Fsp3) is 0.375. The summed E-state index contributed by atoms with van der Waals surface area (Å²) >= 11 is 0. The second-order valence-electron chi connectivity index (χ2n) is 5.73. The summed E-state index contributed by atoms with van der Waals surface area (Å²) < 4.78 is 45.4. The van der Waals surface area contributed by atoms with E-state index in [9.17, 15) is 18.0 Å². The highest BCUT2D eigenvalue weighted by Gasteiger charge is 2.37. The van der Waals surface area contributed by atoms with Crippen LogP contribution in [0.3, 0.4) is 0 Å². The number of carbonyl (C=O) groups is 1. The number of alkyl halides is 3. The summed E-state index contributed by atoms with van der Waals surface area (Å²) in [6.45, 7) is 3.06. The Hall–Kier alpha value is -2.75. The highest BCUT2D eigenvalue weighted by Crippen LogP contribution is 2.34. The molecule has 0 saturated carbocycles. The van der Waals surface area contributed by atoms with Crippen LogP contribution >= 0.6 is 0 Å². The minimum Gasteiger partial charge on any atom is -0.378 e. The van der Waals surface area contributed by atoms with Crippen LogP contribution in [0.2, 0.25) is 0 Å². The number of rotatable bonds is 2. The van der Waals surface area contributed by atoms with Gasteiger partial charge >= 0.3 is 12.2 Å². The van der Waals surface area contributed by atoms with Gasteiger partial charge in [-0.25, -0.2) is 14.8 Å². The van der Waals surface area contributed by atoms with E-state index in [0.29, 0.717) is 31.9 Å². The lowest BCUT2D eigenvalue weighted by molar-refractivity contribution is -0.140. The van der Waals surface area contributed by atoms with Gasteiger partial charge in [0.05, 0.1) is 25.1 Å². The Morgan fingerprint density at radius 1 is 1.23 bits per heavy atom. The van der Waals surface area contributed by atoms with E-state index < -0.39 is 23.6 Å². The second-order valence-corrected chi connectivity index (χ2v) is 5.73. The zero-order valence-corrected chi connectivity index (χ0v) is 13.9. The number of amides is 2. The van der Waals surface area contributed by atoms with Crippen molar-refractivity contribution >= 4 is 11.7 Å². The normalized spacial score (nSPS) is 15.0. The smallest absolute Gasteiger partial charge is 0.378 e. The first-order valence-corrected chi connectivity index (χ1v) is 7.84. The highest BCUT2D eigenvalue weighted by atomic mass is 19.4. The maximum absolute atomic E-state index is 13.4. The highest BCUT2D eigenvalue weighted by molar-refractivity contribution is 5.90. The number of urea groups is 1. The van der Waals surface area contributed by atoms with Gasteiger partial charge in [0.25, 0.3) is 0 Å². The zero-order valence-electron chi connectivity index (χ0n) is 13.9. The maximum Gasteiger partial charge on any atom is 0.435 e. The Kier molecular flexibility index (Phi) is 5.03. The van der Waals surface area contributed by atoms with E-state index in [2.05, 4.69) is 20.3 Å². The van der Waals surface area contributed by atoms with Crippen molar-refractivity contribution < 1.29 is 22.7 Å². The van der Waals surface area contributed by atoms with Gasteiger partial charge in [-0.15, -0.1) is 0 Å². The molecule has 3 heterocycles. The Morgan fingerprint density at radius 2 is 1.96 bits per heavy atom. The van der Waals surface area contributed by atoms with Gasteiger partial charge in [0.1, 0.15) is 0 Å². The third kappa shape index (κ3) is 4.07. The Labute approximate surface area is 147 Å². The molecule has 0 atom stereocenters. The molecule has 1 N–H and O–H groups in total. The topological polar surface area (TPSA) is 80.2 Å². The molecule has 1 saturated heterocycles. The van der Waals surface area contributed by atoms with Crippen LogP contribution in [0, 0.1) is 6.92 Å². The monoisotopic (exact) mass is 367 g/mol. The number of hydrogen-bond acceptors (Lipinski definition) is 5. The van der Waals surface area contributed by atoms with E-state index in [1.807, 2.05) is 0 Å². The molecule has 26 heavy (non-hydrogen) atoms. The molecular weight excluding hydrogens is 351 g/mol. The Bertz CT molecular complexity index is 807. The van der Waals surface area contributed by atoms with Crippen LogP contribution in [0.5, 0.6) is 0 Å². The molecule has 0 radical (unpaired) electrons. The first kappa shape index (κ1) is 18.1. The van der Waals surface area contributed by atoms with E-state index in [1.54, 1.807) is 19.2 Å². The molecule has 0 aliphatic carbocycles. The van der Waals surface area contributed by atoms with Crippen LogP contribution in [0.4, 0.5) is 23.7 Å². The average Bonchev–Trinajstić information content (AvgIpc) is 2.62. The van der Waals surface area contributed by atoms with E-state index in [0.717, 1.165) is 11.8 Å². The molecule has 7 nitrogen and oxygen atoms in total. The van der Waals surface area contributed by atoms with Crippen LogP contribution in [0.1, 0.15) is 11.3 Å². The van der Waals surface area contributed by atoms with Gasteiger partial charge in [-0.2, -0.15) is 13.2 Å². The Morgan fingerprint density at radius 3 is 2.62 bits per heavy atom. The summed E-state index contributed by atoms with van der Waals surface area (Å²) in [7, 11) is 0. The van der Waals surface area contributed by atoms with Crippen molar-refractivity contribution in [2.45, 2.75) is 13.1 Å². The second kappa shape index (κ2) is 7.24. The van der Waals surface area contributed by atoms with Gasteiger partial charge < -0.3 is 15.0 Å². The standard InChI is InChI=1S/C16H16F3N5O2/c1-10-6-11(8-20-7-10)14-21-9-12(13(23-14)16(17,18)19)22-15(25)24-2-4-26-5-3-24/h6-9H,2-5H2,1H3,(H,22,25). The van der Waals surface area contributed by atoms with Crippen molar-refractivity contribution in [2.24, 2.45) is 0 Å². The van der Waals surface area contributed by atoms with E-state index in [1.165, 1.54) is 11.1 Å². The number of carbonyl (C=O) groups excluding carboxylic acids is 1. The molecule has 0 unspecified atom stereocenters. The molecule has 10 heteroatoms. The quantitative estimate of drug-likeness (QED) is 0.883. The van der Waals surface area contributed by atoms with E-state index in [4.69, 9.17) is 4.74 Å². The lowest BCUT2D eigenvalue weighted by Gasteiger charge is -2.27. The van der Waals surface area contributed by atoms with Crippen molar-refractivity contribution in [3.05, 3.63) is 35.9 Å². The van der Waals surface area contributed by atoms with Crippen molar-refractivity contribution in [1.29, 1.82) is 0 Å². The van der Waals surface area contributed by atoms with Crippen molar-refractivity contribution in [3.63, 3.8) is 0 Å². The third-order valence-corrected chi connectivity index (χ3v) is 3.73. The molecule has 1 fully saturated rings. The lowest BCUT2D eigenvalue weighted by atomic mass is 10.2. The number of nitrogens with one attached hydrogen (secondary N) is 1. The number of ether oxygens (including phenoxy) is 1. The molecule has 2 aromatic heterocycles. The lowest BCUT2D eigenvalue weighted by Crippen LogP contribution is -2.43. The van der Waals surface area contributed by atoms with Gasteiger partial charge in [0, 0.05) is 31.0 Å². The van der Waals surface area contributed by atoms with Crippen molar-refractivity contribution in [2.75, 3.05) is 31.6 Å². The van der Waals surface area contributed by atoms with Gasteiger partial charge in [0.15, 0.2) is 11.5 Å². The summed E-state index contributed by atoms with van der Waals surface area (Å²) in [5.74, 6) is -0.113. The number of aryl methyl sites for hydroxylation is 1. The molecule has 138 valence electrons. The first-order chi connectivity index (χ1) is 12.3. The average molecular weight is 367 g/mol. The molecule has 3 rings (SSSR count). The minimum absolute atomic E-state index is 0.113. The van der Waals surface area contributed by atoms with Crippen LogP contribution in [-0.2, 0) is 10.9 Å². The van der Waals surface area contributed by atoms with Gasteiger partial charge in [-0.3, -0.25) is 4.98 Å². The summed E-state index contributed by atoms with van der Waals surface area (Å²) in [6, 6.07) is 0.987. The minimum atomic E-state index is -4.75. The molecule has 1 aliphatic rings. The number of nitrogens with zero attached hydrogens (tertiary/aromatic N) is 4. The number of pyridine rings is 1. The van der Waals surface area contributed by atoms with Crippen LogP contribution in [0.25, 0.3) is 11.4 Å². The van der Waals surface area contributed by atoms with E-state index >= 15 is 0 Å². The van der Waals surface area contributed by atoms with Crippen LogP contribution in [0.15, 0.2) is 24.7 Å². The van der Waals surface area contributed by atoms with Gasteiger partial charge in [-0.05, 0) is 18.6 Å². The van der Waals surface area contributed by atoms with Crippen LogP contribution in [-0.4, -0.2) is 52.2 Å². The van der Waals surface area contributed by atoms with Gasteiger partial charge in [0.2, 0.25) is 0 Å². The Balaban J connectivity index is 1.91. The molecule has 0 aromatic carbocycles. The number of anilines is 1. The molecule has 0 spiro atoms. The number of aromatic nitrogens is 3. The number of morpholine rings is 1. The van der Waals surface area contributed by atoms with Crippen LogP contribution < -0.4 is 5.32 Å². The molecule has 0 bridgehead atoms. The van der Waals surface area contributed by atoms with Crippen molar-refractivity contribution in [3.8, 4) is 11.4 Å². The predicted molar refractivity (Wildman–Crippen MR) is 86.4 cm³/mol. The van der Waals surface area contributed by atoms with Gasteiger partial charge in [-0.1, -0.05) is 0 Å². The predicted octanol–water partition coefficient (Wildman–Crippen LogP) is 2.73. The molecular formula is C16H16F3N5O2. The SMILES string of the molecule is Cc1cncc(-c2ncc(NC(=O)N3CCOCC3)c(C(F)(F)F)n2)c1. The molecule has 1 aliphatic heterocycles.